The van der Waals surface area contributed by atoms with Crippen LogP contribution in [0.5, 0.6) is 0 Å². The third-order valence-electron chi connectivity index (χ3n) is 6.54. The monoisotopic (exact) mass is 487 g/mol. The Hall–Kier alpha value is -2.37. The Morgan fingerprint density at radius 3 is 2.29 bits per heavy atom. The average molecular weight is 488 g/mol. The summed E-state index contributed by atoms with van der Waals surface area (Å²) in [6, 6.07) is 1.67. The normalized spacial score (nSPS) is 21.5. The van der Waals surface area contributed by atoms with Crippen LogP contribution in [0.15, 0.2) is 6.07 Å². The third-order valence-corrected chi connectivity index (χ3v) is 7.57. The minimum Gasteiger partial charge on any atom is -0.477 e. The molecule has 1 N–H and O–H groups in total. The Labute approximate surface area is 207 Å². The Morgan fingerprint density at radius 1 is 1.12 bits per heavy atom. The molecule has 1 saturated carbocycles. The number of carboxylic acids is 1. The highest BCUT2D eigenvalue weighted by Gasteiger charge is 2.34. The second-order valence-corrected chi connectivity index (χ2v) is 11.7. The van der Waals surface area contributed by atoms with Gasteiger partial charge in [-0.3, -0.25) is 9.59 Å². The molecule has 2 fully saturated rings. The highest BCUT2D eigenvalue weighted by Crippen LogP contribution is 2.35. The van der Waals surface area contributed by atoms with Crippen LogP contribution in [0.2, 0.25) is 0 Å². The quantitative estimate of drug-likeness (QED) is 0.640. The van der Waals surface area contributed by atoms with Crippen LogP contribution in [0.4, 0.5) is 5.69 Å². The molecule has 34 heavy (non-hydrogen) atoms. The zero-order valence-electron chi connectivity index (χ0n) is 21.0. The summed E-state index contributed by atoms with van der Waals surface area (Å²) >= 11 is 1.07. The van der Waals surface area contributed by atoms with Crippen LogP contribution in [0.1, 0.15) is 67.9 Å². The van der Waals surface area contributed by atoms with E-state index < -0.39 is 5.97 Å². The average Bonchev–Trinajstić information content (AvgIpc) is 3.20. The van der Waals surface area contributed by atoms with Gasteiger partial charge >= 0.3 is 5.97 Å². The summed E-state index contributed by atoms with van der Waals surface area (Å²) in [5.41, 5.74) is 0.0565. The third kappa shape index (κ3) is 6.83. The number of hydrogen-bond acceptors (Lipinski definition) is 5. The Bertz CT molecular complexity index is 968. The van der Waals surface area contributed by atoms with E-state index in [-0.39, 0.29) is 34.6 Å². The number of anilines is 1. The number of hydrogen-bond donors (Lipinski definition) is 1. The van der Waals surface area contributed by atoms with E-state index in [4.69, 9.17) is 0 Å². The molecule has 3 rings (SSSR count). The molecule has 0 aromatic carbocycles. The van der Waals surface area contributed by atoms with Crippen molar-refractivity contribution in [2.75, 3.05) is 44.7 Å². The fraction of sp³-hybridized carbons (Fsp3) is 0.654. The molecule has 8 heteroatoms. The van der Waals surface area contributed by atoms with Gasteiger partial charge in [-0.15, -0.1) is 11.3 Å². The first kappa shape index (κ1) is 26.2. The van der Waals surface area contributed by atoms with Gasteiger partial charge in [0.1, 0.15) is 11.4 Å². The molecule has 0 atom stereocenters. The number of nitrogens with zero attached hydrogens (tertiary/aromatic N) is 3. The number of carbonyl (C=O) groups excluding carboxylic acids is 2. The molecule has 186 valence electrons. The summed E-state index contributed by atoms with van der Waals surface area (Å²) < 4.78 is 0. The van der Waals surface area contributed by atoms with Gasteiger partial charge in [-0.25, -0.2) is 4.79 Å². The molecule has 2 amide bonds. The molecule has 1 aromatic rings. The minimum absolute atomic E-state index is 0.0573. The lowest BCUT2D eigenvalue weighted by molar-refractivity contribution is -0.133. The first-order valence-corrected chi connectivity index (χ1v) is 12.9. The lowest BCUT2D eigenvalue weighted by Gasteiger charge is -2.35. The Kier molecular flexibility index (Phi) is 8.43. The number of carboxylic acid groups (broad SMARTS) is 1. The van der Waals surface area contributed by atoms with Crippen LogP contribution in [0.25, 0.3) is 0 Å². The standard InChI is InChI=1S/C26H37N3O4S/c1-18-6-8-19(9-7-18)24(31)29(17-22(30)28-14-12-27(5)13-15-28)21-16-20(10-11-26(2,3)4)34-23(21)25(32)33/h16,18-19H,6-9,12-15,17H2,1-5H3,(H,32,33). The van der Waals surface area contributed by atoms with E-state index in [1.165, 1.54) is 4.90 Å². The zero-order valence-corrected chi connectivity index (χ0v) is 21.8. The highest BCUT2D eigenvalue weighted by atomic mass is 32.1. The lowest BCUT2D eigenvalue weighted by atomic mass is 9.82. The van der Waals surface area contributed by atoms with E-state index in [1.807, 2.05) is 27.8 Å². The largest absolute Gasteiger partial charge is 0.477 e. The van der Waals surface area contributed by atoms with Crippen molar-refractivity contribution in [3.05, 3.63) is 15.8 Å². The number of likely N-dealkylation sites (N-methyl/N-ethyl adjacent to an activating group) is 1. The van der Waals surface area contributed by atoms with Crippen molar-refractivity contribution in [2.24, 2.45) is 17.3 Å². The first-order valence-electron chi connectivity index (χ1n) is 12.1. The predicted molar refractivity (Wildman–Crippen MR) is 135 cm³/mol. The Balaban J connectivity index is 1.94. The van der Waals surface area contributed by atoms with Crippen molar-refractivity contribution in [1.82, 2.24) is 9.80 Å². The van der Waals surface area contributed by atoms with Gasteiger partial charge < -0.3 is 19.8 Å². The van der Waals surface area contributed by atoms with Crippen LogP contribution in [0, 0.1) is 29.1 Å². The summed E-state index contributed by atoms with van der Waals surface area (Å²) in [5.74, 6) is 5.20. The number of carbonyl (C=O) groups is 3. The van der Waals surface area contributed by atoms with Gasteiger partial charge in [0.05, 0.1) is 10.6 Å². The second kappa shape index (κ2) is 10.9. The summed E-state index contributed by atoms with van der Waals surface area (Å²) in [7, 11) is 2.02. The van der Waals surface area contributed by atoms with E-state index in [0.29, 0.717) is 29.6 Å². The van der Waals surface area contributed by atoms with Gasteiger partial charge in [0.15, 0.2) is 0 Å². The van der Waals surface area contributed by atoms with E-state index in [0.717, 1.165) is 50.1 Å². The number of rotatable bonds is 5. The van der Waals surface area contributed by atoms with E-state index in [1.54, 1.807) is 11.0 Å². The van der Waals surface area contributed by atoms with Crippen molar-refractivity contribution in [3.8, 4) is 11.8 Å². The molecular formula is C26H37N3O4S. The summed E-state index contributed by atoms with van der Waals surface area (Å²) in [6.45, 7) is 10.8. The molecule has 0 unspecified atom stereocenters. The van der Waals surface area contributed by atoms with Gasteiger partial charge in [0.2, 0.25) is 11.8 Å². The summed E-state index contributed by atoms with van der Waals surface area (Å²) in [5, 5.41) is 9.92. The number of piperazine rings is 1. The smallest absolute Gasteiger partial charge is 0.348 e. The molecule has 2 aliphatic rings. The SMILES string of the molecule is CC1CCC(C(=O)N(CC(=O)N2CCN(C)CC2)c2cc(C#CC(C)(C)C)sc2C(=O)O)CC1. The molecule has 0 radical (unpaired) electrons. The fourth-order valence-corrected chi connectivity index (χ4v) is 5.20. The fourth-order valence-electron chi connectivity index (χ4n) is 4.35. The van der Waals surface area contributed by atoms with E-state index >= 15 is 0 Å². The summed E-state index contributed by atoms with van der Waals surface area (Å²) in [6.07, 6.45) is 3.47. The molecule has 7 nitrogen and oxygen atoms in total. The van der Waals surface area contributed by atoms with Gasteiger partial charge in [-0.1, -0.05) is 18.8 Å². The maximum atomic E-state index is 13.7. The lowest BCUT2D eigenvalue weighted by Crippen LogP contribution is -2.51. The molecule has 0 bridgehead atoms. The Morgan fingerprint density at radius 2 is 1.74 bits per heavy atom. The molecule has 1 aliphatic carbocycles. The van der Waals surface area contributed by atoms with Crippen molar-refractivity contribution >= 4 is 34.8 Å². The van der Waals surface area contributed by atoms with Gasteiger partial charge in [0.25, 0.3) is 0 Å². The van der Waals surface area contributed by atoms with Crippen molar-refractivity contribution in [1.29, 1.82) is 0 Å². The zero-order chi connectivity index (χ0) is 25.0. The van der Waals surface area contributed by atoms with Crippen LogP contribution in [0.3, 0.4) is 0 Å². The van der Waals surface area contributed by atoms with Crippen LogP contribution in [-0.4, -0.2) is 72.5 Å². The van der Waals surface area contributed by atoms with E-state index in [9.17, 15) is 19.5 Å². The molecular weight excluding hydrogens is 450 g/mol. The van der Waals surface area contributed by atoms with Crippen LogP contribution >= 0.6 is 11.3 Å². The van der Waals surface area contributed by atoms with Crippen molar-refractivity contribution in [2.45, 2.75) is 53.4 Å². The van der Waals surface area contributed by atoms with Gasteiger partial charge in [-0.2, -0.15) is 0 Å². The number of amides is 2. The number of thiophene rings is 1. The number of aromatic carboxylic acids is 1. The van der Waals surface area contributed by atoms with Crippen molar-refractivity contribution in [3.63, 3.8) is 0 Å². The minimum atomic E-state index is -1.11. The molecule has 1 aliphatic heterocycles. The maximum absolute atomic E-state index is 13.7. The maximum Gasteiger partial charge on any atom is 0.348 e. The topological polar surface area (TPSA) is 81.2 Å². The second-order valence-electron chi connectivity index (χ2n) is 10.7. The van der Waals surface area contributed by atoms with Gasteiger partial charge in [0, 0.05) is 37.5 Å². The van der Waals surface area contributed by atoms with E-state index in [2.05, 4.69) is 23.7 Å². The van der Waals surface area contributed by atoms with Crippen LogP contribution in [-0.2, 0) is 9.59 Å². The molecule has 1 saturated heterocycles. The molecule has 0 spiro atoms. The highest BCUT2D eigenvalue weighted by molar-refractivity contribution is 7.15. The molecule has 2 heterocycles. The first-order chi connectivity index (χ1) is 15.9. The summed E-state index contributed by atoms with van der Waals surface area (Å²) in [4.78, 5) is 45.1. The molecule has 1 aromatic heterocycles. The van der Waals surface area contributed by atoms with Crippen LogP contribution < -0.4 is 4.90 Å². The van der Waals surface area contributed by atoms with Gasteiger partial charge in [-0.05, 0) is 65.5 Å². The van der Waals surface area contributed by atoms with Crippen molar-refractivity contribution < 1.29 is 19.5 Å². The predicted octanol–water partition coefficient (Wildman–Crippen LogP) is 3.78.